The predicted molar refractivity (Wildman–Crippen MR) is 70.0 cm³/mol. The molecule has 1 aliphatic rings. The van der Waals surface area contributed by atoms with E-state index in [4.69, 9.17) is 4.74 Å². The summed E-state index contributed by atoms with van der Waals surface area (Å²) in [5.41, 5.74) is 0. The summed E-state index contributed by atoms with van der Waals surface area (Å²) >= 11 is 0. The van der Waals surface area contributed by atoms with E-state index >= 15 is 0 Å². The van der Waals surface area contributed by atoms with E-state index in [1.807, 2.05) is 0 Å². The Morgan fingerprint density at radius 3 is 2.24 bits per heavy atom. The van der Waals surface area contributed by atoms with Crippen molar-refractivity contribution >= 4 is 5.78 Å². The van der Waals surface area contributed by atoms with Crippen molar-refractivity contribution in [3.8, 4) is 0 Å². The number of Topliss-reactive ketones (excluding diaryl/α,β-unsaturated/α-hetero) is 1. The van der Waals surface area contributed by atoms with Gasteiger partial charge in [0.05, 0.1) is 13.2 Å². The summed E-state index contributed by atoms with van der Waals surface area (Å²) in [6.45, 7) is 12.8. The van der Waals surface area contributed by atoms with Gasteiger partial charge in [-0.05, 0) is 18.3 Å². The highest BCUT2D eigenvalue weighted by molar-refractivity contribution is 5.83. The first-order valence-corrected chi connectivity index (χ1v) is 6.81. The SMILES string of the molecule is CC(C)CN(CC(=O)C1CCOC1)CC(C)C. The van der Waals surface area contributed by atoms with Gasteiger partial charge in [-0.3, -0.25) is 9.69 Å². The molecule has 1 heterocycles. The molecule has 3 heteroatoms. The largest absolute Gasteiger partial charge is 0.381 e. The van der Waals surface area contributed by atoms with Crippen LogP contribution in [0.25, 0.3) is 0 Å². The molecule has 0 aromatic rings. The molecule has 3 nitrogen and oxygen atoms in total. The first-order valence-electron chi connectivity index (χ1n) is 6.81. The lowest BCUT2D eigenvalue weighted by Crippen LogP contribution is -2.38. The third-order valence-corrected chi connectivity index (χ3v) is 3.01. The Hall–Kier alpha value is -0.410. The summed E-state index contributed by atoms with van der Waals surface area (Å²) < 4.78 is 5.28. The van der Waals surface area contributed by atoms with Gasteiger partial charge in [-0.25, -0.2) is 0 Å². The van der Waals surface area contributed by atoms with E-state index in [9.17, 15) is 4.79 Å². The van der Waals surface area contributed by atoms with Crippen molar-refractivity contribution in [2.45, 2.75) is 34.1 Å². The normalized spacial score (nSPS) is 20.8. The van der Waals surface area contributed by atoms with Crippen molar-refractivity contribution in [2.24, 2.45) is 17.8 Å². The van der Waals surface area contributed by atoms with Crippen molar-refractivity contribution in [3.05, 3.63) is 0 Å². The van der Waals surface area contributed by atoms with Gasteiger partial charge >= 0.3 is 0 Å². The summed E-state index contributed by atoms with van der Waals surface area (Å²) in [5, 5.41) is 0. The lowest BCUT2D eigenvalue weighted by molar-refractivity contribution is -0.124. The number of carbonyl (C=O) groups excluding carboxylic acids is 1. The molecule has 1 rings (SSSR count). The maximum Gasteiger partial charge on any atom is 0.152 e. The third kappa shape index (κ3) is 5.64. The Morgan fingerprint density at radius 2 is 1.82 bits per heavy atom. The van der Waals surface area contributed by atoms with E-state index in [0.717, 1.165) is 26.1 Å². The Bertz CT molecular complexity index is 222. The average molecular weight is 241 g/mol. The zero-order valence-corrected chi connectivity index (χ0v) is 11.7. The number of ketones is 1. The first kappa shape index (κ1) is 14.7. The fourth-order valence-corrected chi connectivity index (χ4v) is 2.37. The van der Waals surface area contributed by atoms with Gasteiger partial charge in [-0.1, -0.05) is 27.7 Å². The molecule has 0 spiro atoms. The van der Waals surface area contributed by atoms with Gasteiger partial charge in [0.2, 0.25) is 0 Å². The Morgan fingerprint density at radius 1 is 1.24 bits per heavy atom. The highest BCUT2D eigenvalue weighted by atomic mass is 16.5. The zero-order chi connectivity index (χ0) is 12.8. The molecular formula is C14H27NO2. The predicted octanol–water partition coefficient (Wildman–Crippen LogP) is 2.21. The molecule has 0 aromatic carbocycles. The van der Waals surface area contributed by atoms with Crippen LogP contribution < -0.4 is 0 Å². The summed E-state index contributed by atoms with van der Waals surface area (Å²) in [6, 6.07) is 0. The summed E-state index contributed by atoms with van der Waals surface area (Å²) in [6.07, 6.45) is 0.913. The van der Waals surface area contributed by atoms with Crippen LogP contribution in [0.3, 0.4) is 0 Å². The van der Waals surface area contributed by atoms with Crippen LogP contribution in [0.15, 0.2) is 0 Å². The van der Waals surface area contributed by atoms with Gasteiger partial charge in [-0.15, -0.1) is 0 Å². The zero-order valence-electron chi connectivity index (χ0n) is 11.7. The second kappa shape index (κ2) is 7.12. The monoisotopic (exact) mass is 241 g/mol. The standard InChI is InChI=1S/C14H27NO2/c1-11(2)7-15(8-12(3)4)9-14(16)13-5-6-17-10-13/h11-13H,5-10H2,1-4H3. The number of ether oxygens (including phenoxy) is 1. The van der Waals surface area contributed by atoms with Gasteiger partial charge in [0.25, 0.3) is 0 Å². The van der Waals surface area contributed by atoms with E-state index in [-0.39, 0.29) is 5.92 Å². The molecule has 1 unspecified atom stereocenters. The molecule has 0 aliphatic carbocycles. The second-order valence-electron chi connectivity index (χ2n) is 6.01. The first-order chi connectivity index (χ1) is 7.99. The molecule has 0 aromatic heterocycles. The summed E-state index contributed by atoms with van der Waals surface area (Å²) in [4.78, 5) is 14.4. The maximum absolute atomic E-state index is 12.1. The minimum atomic E-state index is 0.150. The fraction of sp³-hybridized carbons (Fsp3) is 0.929. The van der Waals surface area contributed by atoms with E-state index in [0.29, 0.717) is 30.8 Å². The van der Waals surface area contributed by atoms with Crippen LogP contribution in [-0.4, -0.2) is 43.5 Å². The molecule has 1 fully saturated rings. The quantitative estimate of drug-likeness (QED) is 0.684. The fourth-order valence-electron chi connectivity index (χ4n) is 2.37. The van der Waals surface area contributed by atoms with Crippen LogP contribution in [0.1, 0.15) is 34.1 Å². The van der Waals surface area contributed by atoms with Gasteiger partial charge in [-0.2, -0.15) is 0 Å². The van der Waals surface area contributed by atoms with Crippen LogP contribution >= 0.6 is 0 Å². The molecule has 0 N–H and O–H groups in total. The van der Waals surface area contributed by atoms with E-state index < -0.39 is 0 Å². The Kier molecular flexibility index (Phi) is 6.14. The second-order valence-corrected chi connectivity index (χ2v) is 6.01. The minimum absolute atomic E-state index is 0.150. The number of hydrogen-bond acceptors (Lipinski definition) is 3. The average Bonchev–Trinajstić information content (AvgIpc) is 2.67. The topological polar surface area (TPSA) is 29.5 Å². The third-order valence-electron chi connectivity index (χ3n) is 3.01. The minimum Gasteiger partial charge on any atom is -0.381 e. The van der Waals surface area contributed by atoms with Crippen LogP contribution in [0.2, 0.25) is 0 Å². The smallest absolute Gasteiger partial charge is 0.152 e. The molecule has 1 atom stereocenters. The van der Waals surface area contributed by atoms with Crippen LogP contribution in [0.4, 0.5) is 0 Å². The van der Waals surface area contributed by atoms with Crippen molar-refractivity contribution in [1.29, 1.82) is 0 Å². The number of hydrogen-bond donors (Lipinski definition) is 0. The molecule has 0 bridgehead atoms. The highest BCUT2D eigenvalue weighted by Crippen LogP contribution is 2.15. The van der Waals surface area contributed by atoms with Gasteiger partial charge in [0.1, 0.15) is 0 Å². The van der Waals surface area contributed by atoms with E-state index in [1.165, 1.54) is 0 Å². The van der Waals surface area contributed by atoms with Crippen molar-refractivity contribution in [1.82, 2.24) is 4.90 Å². The number of nitrogens with zero attached hydrogens (tertiary/aromatic N) is 1. The van der Waals surface area contributed by atoms with Gasteiger partial charge in [0.15, 0.2) is 5.78 Å². The van der Waals surface area contributed by atoms with E-state index in [1.54, 1.807) is 0 Å². The number of rotatable bonds is 7. The van der Waals surface area contributed by atoms with Crippen LogP contribution in [-0.2, 0) is 9.53 Å². The molecule has 17 heavy (non-hydrogen) atoms. The van der Waals surface area contributed by atoms with Crippen molar-refractivity contribution in [3.63, 3.8) is 0 Å². The molecular weight excluding hydrogens is 214 g/mol. The van der Waals surface area contributed by atoms with Crippen LogP contribution in [0.5, 0.6) is 0 Å². The maximum atomic E-state index is 12.1. The van der Waals surface area contributed by atoms with Gasteiger partial charge < -0.3 is 4.74 Å². The summed E-state index contributed by atoms with van der Waals surface area (Å²) in [7, 11) is 0. The molecule has 0 amide bonds. The van der Waals surface area contributed by atoms with Gasteiger partial charge in [0, 0.05) is 25.6 Å². The van der Waals surface area contributed by atoms with Crippen LogP contribution in [0, 0.1) is 17.8 Å². The number of carbonyl (C=O) groups is 1. The lowest BCUT2D eigenvalue weighted by Gasteiger charge is -2.26. The Balaban J connectivity index is 2.43. The molecule has 100 valence electrons. The highest BCUT2D eigenvalue weighted by Gasteiger charge is 2.25. The Labute approximate surface area is 106 Å². The molecule has 1 saturated heterocycles. The lowest BCUT2D eigenvalue weighted by atomic mass is 10.0. The molecule has 0 radical (unpaired) electrons. The molecule has 0 saturated carbocycles. The summed E-state index contributed by atoms with van der Waals surface area (Å²) in [5.74, 6) is 1.74. The van der Waals surface area contributed by atoms with Crippen molar-refractivity contribution < 1.29 is 9.53 Å². The van der Waals surface area contributed by atoms with Crippen molar-refractivity contribution in [2.75, 3.05) is 32.8 Å². The van der Waals surface area contributed by atoms with E-state index in [2.05, 4.69) is 32.6 Å². The molecule has 1 aliphatic heterocycles.